The van der Waals surface area contributed by atoms with Gasteiger partial charge in [-0.25, -0.2) is 4.79 Å². The van der Waals surface area contributed by atoms with Crippen molar-refractivity contribution in [1.82, 2.24) is 52.8 Å². The molecule has 101 heavy (non-hydrogen) atoms. The predicted octanol–water partition coefficient (Wildman–Crippen LogP) is -4.32. The van der Waals surface area contributed by atoms with E-state index in [0.29, 0.717) is 5.56 Å². The van der Waals surface area contributed by atoms with Crippen LogP contribution in [-0.2, 0) is 105 Å². The summed E-state index contributed by atoms with van der Waals surface area (Å²) in [5.74, 6) is -22.7. The highest BCUT2D eigenvalue weighted by molar-refractivity contribution is 7.81. The fourth-order valence-electron chi connectivity index (χ4n) is 10.0. The highest BCUT2D eigenvalue weighted by Crippen LogP contribution is 2.23. The molecule has 0 bridgehead atoms. The van der Waals surface area contributed by atoms with Gasteiger partial charge in [0.2, 0.25) is 65.0 Å². The monoisotopic (exact) mass is 1450 g/mol. The Hall–Kier alpha value is -10.9. The number of carboxylic acid groups (broad SMARTS) is 6. The van der Waals surface area contributed by atoms with Crippen molar-refractivity contribution in [2.45, 2.75) is 190 Å². The number of nitrogens with zero attached hydrogens (tertiary/aromatic N) is 1. The molecule has 1 fully saturated rings. The number of rotatable bonds is 45. The van der Waals surface area contributed by atoms with E-state index in [2.05, 4.69) is 52.0 Å². The maximum absolute atomic E-state index is 14.8. The van der Waals surface area contributed by atoms with Crippen LogP contribution in [0.2, 0.25) is 0 Å². The normalized spacial score (nSPS) is 15.9. The number of carboxylic acids is 6. The number of benzene rings is 2. The van der Waals surface area contributed by atoms with Crippen molar-refractivity contribution < 1.29 is 129 Å². The number of carbonyl (C=O) groups excluding carboxylic acids is 11. The number of nitrogens with one attached hydrogen (secondary N) is 9. The molecule has 0 aliphatic carbocycles. The smallest absolute Gasteiger partial charge is 0.446 e. The molecule has 1 aliphatic heterocycles. The first-order valence-electron chi connectivity index (χ1n) is 31.5. The SMILES string of the molecule is CC[C@H](C)[C@H](NC(=O)[C@H](CCC(=O)O)NC(=O)[C@H](CCC(=O)O)NC(=O)[C@H](Cc1ccccc1)NC(=O)[C@@H](N)CC(=O)O)C(=O)N1CCC[C@H]1C(=O)N[C@@H](CCC(=O)O)C(=O)N[C@@H](CCC(=O)O)C(=O)N[C@@H](Cc1ccc(OS(=O)(=O)O)cc1)C(=O)N[C@@H](C)C(=O)N[C@@H](CCC(N)=O)C(=O)O. The number of likely N-dealkylation sites (tertiary alicyclic amines) is 1. The summed E-state index contributed by atoms with van der Waals surface area (Å²) in [6, 6.07) is -6.59. The van der Waals surface area contributed by atoms with Crippen molar-refractivity contribution in [1.29, 1.82) is 0 Å². The maximum Gasteiger partial charge on any atom is 0.446 e. The zero-order valence-electron chi connectivity index (χ0n) is 55.0. The Balaban J connectivity index is 1.97. The lowest BCUT2D eigenvalue weighted by Crippen LogP contribution is -2.61. The molecule has 0 saturated carbocycles. The molecule has 1 saturated heterocycles. The average molecular weight is 1450 g/mol. The minimum Gasteiger partial charge on any atom is -0.481 e. The van der Waals surface area contributed by atoms with E-state index in [-0.39, 0.29) is 37.8 Å². The Labute approximate surface area is 576 Å². The zero-order chi connectivity index (χ0) is 76.0. The van der Waals surface area contributed by atoms with Gasteiger partial charge >= 0.3 is 46.2 Å². The van der Waals surface area contributed by atoms with Gasteiger partial charge in [-0.2, -0.15) is 8.42 Å². The van der Waals surface area contributed by atoms with Crippen molar-refractivity contribution in [3.8, 4) is 5.75 Å². The third kappa shape index (κ3) is 30.4. The summed E-state index contributed by atoms with van der Waals surface area (Å²) in [7, 11) is -5.02. The van der Waals surface area contributed by atoms with Gasteiger partial charge in [0.25, 0.3) is 0 Å². The van der Waals surface area contributed by atoms with Crippen LogP contribution in [0, 0.1) is 5.92 Å². The van der Waals surface area contributed by atoms with Crippen molar-refractivity contribution in [2.24, 2.45) is 17.4 Å². The Morgan fingerprint density at radius 1 is 0.505 bits per heavy atom. The molecule has 40 heteroatoms. The van der Waals surface area contributed by atoms with Crippen LogP contribution in [0.3, 0.4) is 0 Å². The Kier molecular flexibility index (Phi) is 34.1. The summed E-state index contributed by atoms with van der Waals surface area (Å²) in [4.78, 5) is 224. The minimum absolute atomic E-state index is 0.0979. The number of hydrogen-bond donors (Lipinski definition) is 18. The van der Waals surface area contributed by atoms with Crippen LogP contribution in [0.25, 0.3) is 0 Å². The predicted molar refractivity (Wildman–Crippen MR) is 343 cm³/mol. The third-order valence-electron chi connectivity index (χ3n) is 15.6. The zero-order valence-corrected chi connectivity index (χ0v) is 55.8. The number of carbonyl (C=O) groups is 17. The third-order valence-corrected chi connectivity index (χ3v) is 16.0. The van der Waals surface area contributed by atoms with Gasteiger partial charge in [0.15, 0.2) is 0 Å². The topological polar surface area (TPSA) is 639 Å². The molecular formula is C61H84N12O27S. The molecule has 20 N–H and O–H groups in total. The van der Waals surface area contributed by atoms with Gasteiger partial charge in [-0.1, -0.05) is 62.7 Å². The van der Waals surface area contributed by atoms with E-state index in [1.165, 1.54) is 19.1 Å². The van der Waals surface area contributed by atoms with E-state index in [9.17, 15) is 121 Å². The van der Waals surface area contributed by atoms with Crippen LogP contribution in [0.4, 0.5) is 0 Å². The molecule has 0 aromatic heterocycles. The Morgan fingerprint density at radius 2 is 0.901 bits per heavy atom. The molecule has 0 spiro atoms. The molecule has 1 aliphatic rings. The molecule has 3 rings (SSSR count). The molecule has 1 heterocycles. The molecular weight excluding hydrogens is 1360 g/mol. The van der Waals surface area contributed by atoms with Gasteiger partial charge < -0.3 is 99.0 Å². The van der Waals surface area contributed by atoms with Crippen molar-refractivity contribution in [3.63, 3.8) is 0 Å². The highest BCUT2D eigenvalue weighted by atomic mass is 32.3. The number of amides is 11. The first-order valence-corrected chi connectivity index (χ1v) is 32.8. The first-order chi connectivity index (χ1) is 47.3. The largest absolute Gasteiger partial charge is 0.481 e. The Morgan fingerprint density at radius 3 is 1.33 bits per heavy atom. The summed E-state index contributed by atoms with van der Waals surface area (Å²) in [6.07, 6.45) is -8.61. The summed E-state index contributed by atoms with van der Waals surface area (Å²) >= 11 is 0. The van der Waals surface area contributed by atoms with Crippen LogP contribution in [0.5, 0.6) is 5.75 Å². The molecule has 2 aromatic carbocycles. The van der Waals surface area contributed by atoms with Crippen LogP contribution in [0.1, 0.15) is 122 Å². The fraction of sp³-hybridized carbons (Fsp3) is 0.525. The molecule has 39 nitrogen and oxygen atoms in total. The van der Waals surface area contributed by atoms with E-state index in [1.54, 1.807) is 37.3 Å². The fourth-order valence-corrected chi connectivity index (χ4v) is 10.4. The summed E-state index contributed by atoms with van der Waals surface area (Å²) < 4.78 is 36.2. The number of hydrogen-bond acceptors (Lipinski definition) is 21. The quantitative estimate of drug-likeness (QED) is 0.0279. The van der Waals surface area contributed by atoms with Crippen molar-refractivity contribution in [2.75, 3.05) is 6.54 Å². The lowest BCUT2D eigenvalue weighted by molar-refractivity contribution is -0.144. The minimum atomic E-state index is -5.02. The van der Waals surface area contributed by atoms with Crippen LogP contribution in [0.15, 0.2) is 54.6 Å². The van der Waals surface area contributed by atoms with E-state index in [1.807, 2.05) is 0 Å². The van der Waals surface area contributed by atoms with Gasteiger partial charge in [-0.05, 0) is 81.0 Å². The number of nitrogens with two attached hydrogens (primary N) is 2. The van der Waals surface area contributed by atoms with E-state index < -0.39 is 266 Å². The lowest BCUT2D eigenvalue weighted by atomic mass is 9.96. The summed E-state index contributed by atoms with van der Waals surface area (Å²) in [5, 5.41) is 78.3. The van der Waals surface area contributed by atoms with Crippen molar-refractivity contribution >= 4 is 111 Å². The van der Waals surface area contributed by atoms with Gasteiger partial charge in [-0.15, -0.1) is 0 Å². The highest BCUT2D eigenvalue weighted by Gasteiger charge is 2.42. The lowest BCUT2D eigenvalue weighted by Gasteiger charge is -2.33. The van der Waals surface area contributed by atoms with Crippen LogP contribution >= 0.6 is 0 Å². The number of aliphatic carboxylic acids is 6. The number of primary amides is 1. The van der Waals surface area contributed by atoms with E-state index >= 15 is 0 Å². The standard InChI is InChI=1S/C61H84N12O27S/c1-4-30(2)50(72-56(90)39(20-25-48(81)82)66-53(87)36(17-22-45(75)76)67-58(92)42(27-32-9-6-5-7-10-32)70-52(86)35(62)29-49(83)84)60(94)73-26-8-11-43(73)59(93)68-38(19-24-47(79)80)54(88)65-37(18-23-46(77)78)55(89)71-41(28-33-12-14-34(15-13-33)100-101(97,98)99)57(91)64-31(3)51(85)69-40(61(95)96)16-21-44(63)74/h5-7,9-10,12-15,30-31,35-43,50H,4,8,11,16-29,62H2,1-3H3,(H2,63,74)(H,64,91)(H,65,88)(H,66,87)(H,67,92)(H,68,93)(H,69,85)(H,70,86)(H,71,89)(H,72,90)(H,75,76)(H,77,78)(H,79,80)(H,81,82)(H,83,84)(H,95,96)(H,97,98,99)/t30-,31-,35-,36-,37-,38-,39-,40-,41-,42-,43-,50-/m0/s1. The van der Waals surface area contributed by atoms with Crippen molar-refractivity contribution in [3.05, 3.63) is 65.7 Å². The van der Waals surface area contributed by atoms with Crippen LogP contribution in [-0.4, -0.2) is 222 Å². The molecule has 12 atom stereocenters. The molecule has 0 unspecified atom stereocenters. The molecule has 556 valence electrons. The summed E-state index contributed by atoms with van der Waals surface area (Å²) in [6.45, 7) is 4.02. The average Bonchev–Trinajstić information content (AvgIpc) is 1.76. The maximum atomic E-state index is 14.8. The molecule has 2 aromatic rings. The second-order valence-corrected chi connectivity index (χ2v) is 24.6. The second kappa shape index (κ2) is 40.9. The first kappa shape index (κ1) is 84.3. The molecule has 0 radical (unpaired) electrons. The van der Waals surface area contributed by atoms with Gasteiger partial charge in [0, 0.05) is 51.5 Å². The van der Waals surface area contributed by atoms with E-state index in [0.717, 1.165) is 24.0 Å². The van der Waals surface area contributed by atoms with Gasteiger partial charge in [0.1, 0.15) is 66.2 Å². The summed E-state index contributed by atoms with van der Waals surface area (Å²) in [5.41, 5.74) is 11.4. The van der Waals surface area contributed by atoms with Gasteiger partial charge in [0.05, 0.1) is 12.5 Å². The van der Waals surface area contributed by atoms with Crippen LogP contribution < -0.4 is 63.5 Å². The Bertz CT molecular complexity index is 3470. The second-order valence-electron chi connectivity index (χ2n) is 23.5. The molecule has 11 amide bonds. The van der Waals surface area contributed by atoms with Gasteiger partial charge in [-0.3, -0.25) is 81.3 Å². The van der Waals surface area contributed by atoms with E-state index in [4.69, 9.17) is 16.0 Å².